The third-order valence-corrected chi connectivity index (χ3v) is 10.2. The van der Waals surface area contributed by atoms with Crippen LogP contribution >= 0.6 is 32.8 Å². The molecule has 0 saturated heterocycles. The number of hydrogen-bond donors (Lipinski definition) is 1. The number of hydrogen-bond acceptors (Lipinski definition) is 9. The summed E-state index contributed by atoms with van der Waals surface area (Å²) in [4.78, 5) is 14.2. The maximum absolute atomic E-state index is 13.1. The van der Waals surface area contributed by atoms with Gasteiger partial charge in [0, 0.05) is 17.8 Å². The number of sulfonamides is 1. The van der Waals surface area contributed by atoms with Crippen molar-refractivity contribution >= 4 is 73.8 Å². The first-order valence-electron chi connectivity index (χ1n) is 11.2. The Balaban J connectivity index is 1.90. The summed E-state index contributed by atoms with van der Waals surface area (Å²) < 4.78 is 74.7. The summed E-state index contributed by atoms with van der Waals surface area (Å²) in [5, 5.41) is 8.21. The second-order valence-corrected chi connectivity index (χ2v) is 13.9. The van der Waals surface area contributed by atoms with Crippen molar-refractivity contribution in [3.8, 4) is 0 Å². The molecule has 0 saturated carbocycles. The summed E-state index contributed by atoms with van der Waals surface area (Å²) in [6.07, 6.45) is 3.10. The van der Waals surface area contributed by atoms with Crippen LogP contribution in [0.5, 0.6) is 0 Å². The molecule has 1 aromatic rings. The Bertz CT molecular complexity index is 1200. The molecule has 15 heteroatoms. The van der Waals surface area contributed by atoms with Crippen molar-refractivity contribution in [3.63, 3.8) is 0 Å². The summed E-state index contributed by atoms with van der Waals surface area (Å²) in [7, 11) is -5.69. The van der Waals surface area contributed by atoms with Crippen LogP contribution in [0.2, 0.25) is 0 Å². The lowest BCUT2D eigenvalue weighted by Gasteiger charge is -2.40. The number of esters is 1. The fourth-order valence-electron chi connectivity index (χ4n) is 3.72. The second kappa shape index (κ2) is 11.8. The number of azo groups is 1. The van der Waals surface area contributed by atoms with Gasteiger partial charge in [0.2, 0.25) is 5.17 Å². The number of alkyl halides is 3. The fraction of sp³-hybridized carbons (Fsp3) is 0.571. The maximum atomic E-state index is 13.1. The Kier molecular flexibility index (Phi) is 9.41. The minimum absolute atomic E-state index is 0.0396. The standard InChI is InChI=1S/C21H27F3IN5O4S2/c1-5-6-9-34-19(31)18-25-26-20(35-18)28-27-15-10-14-8-7-13(4)30(12(2)3)17(14)11-16(15)29-36(32,33)21(22,23)24/h10-13,29H,5-9H2,1-4H3. The van der Waals surface area contributed by atoms with Crippen LogP contribution in [0.15, 0.2) is 25.6 Å². The van der Waals surface area contributed by atoms with Crippen LogP contribution in [0.4, 0.5) is 30.2 Å². The number of carbonyl (C=O) groups is 1. The lowest BCUT2D eigenvalue weighted by atomic mass is 9.94. The number of thioether (sulfide) groups is 1. The lowest BCUT2D eigenvalue weighted by Crippen LogP contribution is -2.42. The van der Waals surface area contributed by atoms with E-state index in [-0.39, 0.29) is 28.6 Å². The predicted octanol–water partition coefficient (Wildman–Crippen LogP) is 6.04. The number of ether oxygens (including phenoxy) is 1. The van der Waals surface area contributed by atoms with Gasteiger partial charge in [0.05, 0.1) is 33.3 Å². The van der Waals surface area contributed by atoms with Gasteiger partial charge in [0.15, 0.2) is 2.84 Å². The monoisotopic (exact) mass is 661 g/mol. The van der Waals surface area contributed by atoms with E-state index < -0.39 is 42.5 Å². The van der Waals surface area contributed by atoms with Crippen molar-refractivity contribution in [2.75, 3.05) is 16.2 Å². The molecule has 0 fully saturated rings. The van der Waals surface area contributed by atoms with Crippen LogP contribution < -0.4 is 9.62 Å². The number of nitrogens with zero attached hydrogens (tertiary/aromatic N) is 4. The highest BCUT2D eigenvalue weighted by atomic mass is 127. The smallest absolute Gasteiger partial charge is 0.461 e. The Hall–Kier alpha value is -1.75. The van der Waals surface area contributed by atoms with Gasteiger partial charge in [-0.1, -0.05) is 13.3 Å². The molecule has 1 unspecified atom stereocenters. The first-order valence-corrected chi connectivity index (χ1v) is 15.6. The third kappa shape index (κ3) is 6.76. The summed E-state index contributed by atoms with van der Waals surface area (Å²) >= 11 is -0.00400. The van der Waals surface area contributed by atoms with Gasteiger partial charge >= 0.3 is 21.5 Å². The molecule has 2 aliphatic rings. The van der Waals surface area contributed by atoms with Gasteiger partial charge < -0.3 is 9.64 Å². The summed E-state index contributed by atoms with van der Waals surface area (Å²) in [6.45, 7) is 8.21. The largest absolute Gasteiger partial charge is 0.516 e. The zero-order chi connectivity index (χ0) is 26.7. The minimum atomic E-state index is -5.69. The van der Waals surface area contributed by atoms with Gasteiger partial charge in [0.25, 0.3) is 0 Å². The first kappa shape index (κ1) is 28.8. The predicted molar refractivity (Wildman–Crippen MR) is 145 cm³/mol. The Labute approximate surface area is 222 Å². The average molecular weight is 662 g/mol. The van der Waals surface area contributed by atoms with Crippen LogP contribution in [0.1, 0.15) is 52.5 Å². The maximum Gasteiger partial charge on any atom is 0.516 e. The zero-order valence-corrected chi connectivity index (χ0v) is 23.9. The average Bonchev–Trinajstić information content (AvgIpc) is 3.25. The fourth-order valence-corrected chi connectivity index (χ4v) is 7.26. The highest BCUT2D eigenvalue weighted by Gasteiger charge is 2.46. The van der Waals surface area contributed by atoms with E-state index >= 15 is 0 Å². The van der Waals surface area contributed by atoms with Crippen molar-refractivity contribution < 1.29 is 31.1 Å². The van der Waals surface area contributed by atoms with E-state index in [1.165, 1.54) is 6.07 Å². The minimum Gasteiger partial charge on any atom is -0.461 e. The van der Waals surface area contributed by atoms with Crippen LogP contribution in [-0.2, 0) is 26.0 Å². The number of fused-ring (bicyclic) bond motifs is 1. The molecule has 1 atom stereocenters. The van der Waals surface area contributed by atoms with Crippen LogP contribution in [-0.4, -0.2) is 46.6 Å². The number of anilines is 2. The van der Waals surface area contributed by atoms with E-state index in [9.17, 15) is 26.4 Å². The van der Waals surface area contributed by atoms with E-state index in [4.69, 9.17) is 4.74 Å². The number of nitrogens with one attached hydrogen (secondary N) is 1. The quantitative estimate of drug-likeness (QED) is 0.157. The highest BCUT2D eigenvalue weighted by molar-refractivity contribution is 14.2. The number of carbonyl (C=O) groups excluding carboxylic acids is 1. The molecule has 0 aliphatic carbocycles. The molecule has 3 rings (SSSR count). The molecule has 2 heterocycles. The summed E-state index contributed by atoms with van der Waals surface area (Å²) in [5.74, 6) is -0.453. The van der Waals surface area contributed by atoms with Crippen molar-refractivity contribution in [2.24, 2.45) is 13.4 Å². The Morgan fingerprint density at radius 3 is 2.72 bits per heavy atom. The van der Waals surface area contributed by atoms with E-state index in [1.807, 2.05) is 32.6 Å². The van der Waals surface area contributed by atoms with E-state index in [0.29, 0.717) is 21.6 Å². The molecular formula is C21H27F3IN5O4S2. The van der Waals surface area contributed by atoms with Gasteiger partial charge in [-0.25, -0.2) is 4.79 Å². The van der Waals surface area contributed by atoms with Crippen LogP contribution in [0.3, 0.4) is 0 Å². The van der Waals surface area contributed by atoms with Gasteiger partial charge in [0.1, 0.15) is 5.69 Å². The van der Waals surface area contributed by atoms with Crippen molar-refractivity contribution in [1.82, 2.24) is 0 Å². The number of aryl methyl sites for hydroxylation is 1. The van der Waals surface area contributed by atoms with Gasteiger partial charge in [-0.05, 0) is 69.5 Å². The van der Waals surface area contributed by atoms with E-state index in [2.05, 4.69) is 13.4 Å². The topological polar surface area (TPSA) is 113 Å². The first-order chi connectivity index (χ1) is 16.8. The lowest BCUT2D eigenvalue weighted by molar-refractivity contribution is -0.135. The summed E-state index contributed by atoms with van der Waals surface area (Å²) in [6, 6.07) is 3.09. The van der Waals surface area contributed by atoms with Gasteiger partial charge in [-0.2, -0.15) is 24.8 Å². The third-order valence-electron chi connectivity index (χ3n) is 5.39. The molecular weight excluding hydrogens is 634 g/mol. The molecule has 0 aromatic heterocycles. The Morgan fingerprint density at radius 1 is 1.36 bits per heavy atom. The normalized spacial score (nSPS) is 18.6. The molecule has 0 bridgehead atoms. The van der Waals surface area contributed by atoms with E-state index in [1.54, 1.807) is 10.8 Å². The second-order valence-electron chi connectivity index (χ2n) is 8.45. The molecule has 1 aromatic carbocycles. The van der Waals surface area contributed by atoms with Crippen molar-refractivity contribution in [3.05, 3.63) is 17.7 Å². The van der Waals surface area contributed by atoms with Crippen molar-refractivity contribution in [2.45, 2.75) is 71.0 Å². The molecule has 200 valence electrons. The molecule has 0 radical (unpaired) electrons. The Morgan fingerprint density at radius 2 is 2.08 bits per heavy atom. The van der Waals surface area contributed by atoms with Gasteiger partial charge in [-0.3, -0.25) is 4.72 Å². The summed E-state index contributed by atoms with van der Waals surface area (Å²) in [5.41, 5.74) is -4.44. The van der Waals surface area contributed by atoms with Crippen molar-refractivity contribution in [1.29, 1.82) is 0 Å². The number of amidine groups is 1. The number of unbranched alkanes of at least 4 members (excludes halogenated alkanes) is 1. The van der Waals surface area contributed by atoms with E-state index in [0.717, 1.165) is 36.6 Å². The van der Waals surface area contributed by atoms with Gasteiger partial charge in [-0.15, -0.1) is 10.2 Å². The molecule has 2 aliphatic heterocycles. The SMILES string of the molecule is CCCCOC(=O)C1=IN=C(N=Nc2cc3c(cc2NS(=O)(=O)C(F)(F)F)N(C(C)C)C(C)CC3)S1. The number of benzene rings is 1. The highest BCUT2D eigenvalue weighted by Crippen LogP contribution is 2.41. The number of rotatable bonds is 8. The van der Waals surface area contributed by atoms with Crippen LogP contribution in [0.25, 0.3) is 0 Å². The molecule has 9 nitrogen and oxygen atoms in total. The molecule has 0 spiro atoms. The van der Waals surface area contributed by atoms with Crippen LogP contribution in [0, 0.1) is 0 Å². The molecule has 0 amide bonds. The molecule has 36 heavy (non-hydrogen) atoms. The molecule has 1 N–H and O–H groups in total. The number of halogens is 4. The zero-order valence-electron chi connectivity index (χ0n) is 20.1.